The van der Waals surface area contributed by atoms with E-state index in [2.05, 4.69) is 10.3 Å². The summed E-state index contributed by atoms with van der Waals surface area (Å²) in [6.45, 7) is 8.09. The maximum absolute atomic E-state index is 10.3. The summed E-state index contributed by atoms with van der Waals surface area (Å²) in [5.41, 5.74) is 1.79. The van der Waals surface area contributed by atoms with Crippen LogP contribution in [0.2, 0.25) is 0 Å². The number of nitrogens with zero attached hydrogens (tertiary/aromatic N) is 2. The fraction of sp³-hybridized carbons (Fsp3) is 0.438. The first-order valence-corrected chi connectivity index (χ1v) is 7.53. The number of nitroso groups, excluding NO2 is 1. The summed E-state index contributed by atoms with van der Waals surface area (Å²) in [5, 5.41) is 6.73. The van der Waals surface area contributed by atoms with Crippen molar-refractivity contribution in [3.05, 3.63) is 41.0 Å². The van der Waals surface area contributed by atoms with Crippen molar-refractivity contribution < 1.29 is 13.8 Å². The van der Waals surface area contributed by atoms with Gasteiger partial charge >= 0.3 is 7.12 Å². The lowest BCUT2D eigenvalue weighted by molar-refractivity contribution is 0.00578. The number of hydrogen-bond donors (Lipinski definition) is 0. The van der Waals surface area contributed by atoms with E-state index in [0.717, 1.165) is 11.0 Å². The Morgan fingerprint density at radius 3 is 2.26 bits per heavy atom. The molecule has 1 aromatic heterocycles. The van der Waals surface area contributed by atoms with E-state index >= 15 is 0 Å². The van der Waals surface area contributed by atoms with Crippen LogP contribution in [-0.4, -0.2) is 23.5 Å². The fourth-order valence-corrected chi connectivity index (χ4v) is 2.38. The minimum atomic E-state index is -0.388. The van der Waals surface area contributed by atoms with Gasteiger partial charge in [0.2, 0.25) is 0 Å². The van der Waals surface area contributed by atoms with Crippen LogP contribution in [0.5, 0.6) is 0 Å². The van der Waals surface area contributed by atoms with Crippen LogP contribution in [-0.2, 0) is 15.9 Å². The maximum Gasteiger partial charge on any atom is 0.494 e. The van der Waals surface area contributed by atoms with Crippen LogP contribution < -0.4 is 5.46 Å². The van der Waals surface area contributed by atoms with Crippen molar-refractivity contribution in [1.82, 2.24) is 5.16 Å². The Kier molecular flexibility index (Phi) is 3.86. The molecular formula is C16H19BN2O4. The molecule has 0 unspecified atom stereocenters. The summed E-state index contributed by atoms with van der Waals surface area (Å²) in [4.78, 5) is 10.3. The Hall–Kier alpha value is -1.99. The van der Waals surface area contributed by atoms with Gasteiger partial charge in [-0.15, -0.1) is 0 Å². The van der Waals surface area contributed by atoms with Crippen molar-refractivity contribution >= 4 is 12.6 Å². The Balaban J connectivity index is 1.78. The Morgan fingerprint density at radius 2 is 1.70 bits per heavy atom. The molecule has 120 valence electrons. The quantitative estimate of drug-likeness (QED) is 0.641. The third-order valence-electron chi connectivity index (χ3n) is 4.51. The lowest BCUT2D eigenvalue weighted by atomic mass is 9.79. The third kappa shape index (κ3) is 2.94. The number of hydrogen-bond acceptors (Lipinski definition) is 6. The fourth-order valence-electron chi connectivity index (χ4n) is 2.38. The van der Waals surface area contributed by atoms with Crippen molar-refractivity contribution in [2.75, 3.05) is 0 Å². The van der Waals surface area contributed by atoms with Crippen molar-refractivity contribution in [1.29, 1.82) is 0 Å². The van der Waals surface area contributed by atoms with Gasteiger partial charge in [-0.25, -0.2) is 0 Å². The maximum atomic E-state index is 10.3. The summed E-state index contributed by atoms with van der Waals surface area (Å²) in [6, 6.07) is 9.46. The van der Waals surface area contributed by atoms with Crippen LogP contribution in [0.15, 0.2) is 40.0 Å². The zero-order valence-corrected chi connectivity index (χ0v) is 13.7. The van der Waals surface area contributed by atoms with E-state index in [0.29, 0.717) is 11.5 Å². The first-order valence-electron chi connectivity index (χ1n) is 7.53. The highest BCUT2D eigenvalue weighted by Gasteiger charge is 2.51. The predicted octanol–water partition coefficient (Wildman–Crippen LogP) is 2.91. The summed E-state index contributed by atoms with van der Waals surface area (Å²) >= 11 is 0. The molecule has 2 heterocycles. The van der Waals surface area contributed by atoms with Gasteiger partial charge in [-0.05, 0) is 33.2 Å². The van der Waals surface area contributed by atoms with E-state index in [4.69, 9.17) is 13.8 Å². The van der Waals surface area contributed by atoms with Crippen LogP contribution in [0.3, 0.4) is 0 Å². The first-order chi connectivity index (χ1) is 10.8. The second-order valence-corrected chi connectivity index (χ2v) is 6.68. The van der Waals surface area contributed by atoms with Crippen LogP contribution in [0.1, 0.15) is 33.5 Å². The van der Waals surface area contributed by atoms with Crippen molar-refractivity contribution in [3.8, 4) is 11.3 Å². The highest BCUT2D eigenvalue weighted by Crippen LogP contribution is 2.36. The molecule has 0 aliphatic carbocycles. The summed E-state index contributed by atoms with van der Waals surface area (Å²) in [7, 11) is -0.388. The van der Waals surface area contributed by atoms with Gasteiger partial charge in [-0.1, -0.05) is 34.6 Å². The molecule has 3 rings (SSSR count). The van der Waals surface area contributed by atoms with Crippen LogP contribution in [0.4, 0.5) is 0 Å². The molecule has 0 spiro atoms. The third-order valence-corrected chi connectivity index (χ3v) is 4.51. The van der Waals surface area contributed by atoms with E-state index in [1.165, 1.54) is 0 Å². The molecule has 1 aromatic carbocycles. The smallest absolute Gasteiger partial charge is 0.399 e. The Bertz CT molecular complexity index is 693. The molecule has 0 bridgehead atoms. The normalized spacial score (nSPS) is 19.0. The van der Waals surface area contributed by atoms with E-state index in [9.17, 15) is 4.91 Å². The standard InChI is InChI=1S/C16H19BN2O4/c1-15(2)16(3,4)23-17(22-15)12-7-5-11(6-8-12)14-9-13(10-18-20)21-19-14/h5-9H,10H2,1-4H3. The van der Waals surface area contributed by atoms with Crippen molar-refractivity contribution in [3.63, 3.8) is 0 Å². The number of benzene rings is 1. The SMILES string of the molecule is CC1(C)OB(c2ccc(-c3cc(CN=O)on3)cc2)OC1(C)C. The van der Waals surface area contributed by atoms with Gasteiger partial charge in [0, 0.05) is 11.6 Å². The predicted molar refractivity (Wildman–Crippen MR) is 87.2 cm³/mol. The van der Waals surface area contributed by atoms with Crippen LogP contribution >= 0.6 is 0 Å². The first kappa shape index (κ1) is 15.9. The van der Waals surface area contributed by atoms with Gasteiger partial charge < -0.3 is 13.8 Å². The summed E-state index contributed by atoms with van der Waals surface area (Å²) in [5.74, 6) is 0.449. The summed E-state index contributed by atoms with van der Waals surface area (Å²) in [6.07, 6.45) is 0. The number of aromatic nitrogens is 1. The van der Waals surface area contributed by atoms with E-state index in [1.54, 1.807) is 6.07 Å². The average Bonchev–Trinajstić information content (AvgIpc) is 3.03. The van der Waals surface area contributed by atoms with Gasteiger partial charge in [0.1, 0.15) is 12.2 Å². The Morgan fingerprint density at radius 1 is 1.09 bits per heavy atom. The van der Waals surface area contributed by atoms with Gasteiger partial charge in [-0.2, -0.15) is 4.91 Å². The molecular weight excluding hydrogens is 295 g/mol. The van der Waals surface area contributed by atoms with Crippen molar-refractivity contribution in [2.24, 2.45) is 5.18 Å². The van der Waals surface area contributed by atoms with Crippen LogP contribution in [0.25, 0.3) is 11.3 Å². The molecule has 0 atom stereocenters. The number of rotatable bonds is 4. The molecule has 0 saturated carbocycles. The van der Waals surface area contributed by atoms with Gasteiger partial charge in [0.15, 0.2) is 5.76 Å². The molecule has 1 aliphatic rings. The molecule has 1 saturated heterocycles. The van der Waals surface area contributed by atoms with E-state index in [-0.39, 0.29) is 24.9 Å². The average molecular weight is 314 g/mol. The second-order valence-electron chi connectivity index (χ2n) is 6.68. The van der Waals surface area contributed by atoms with Gasteiger partial charge in [0.05, 0.1) is 11.2 Å². The highest BCUT2D eigenvalue weighted by atomic mass is 16.7. The monoisotopic (exact) mass is 314 g/mol. The topological polar surface area (TPSA) is 73.9 Å². The van der Waals surface area contributed by atoms with Crippen LogP contribution in [0, 0.1) is 4.91 Å². The van der Waals surface area contributed by atoms with Crippen molar-refractivity contribution in [2.45, 2.75) is 45.4 Å². The Labute approximate surface area is 135 Å². The molecule has 1 aliphatic heterocycles. The lowest BCUT2D eigenvalue weighted by Gasteiger charge is -2.32. The molecule has 0 amide bonds. The molecule has 6 nitrogen and oxygen atoms in total. The van der Waals surface area contributed by atoms with E-state index in [1.807, 2.05) is 52.0 Å². The molecule has 1 fully saturated rings. The van der Waals surface area contributed by atoms with Gasteiger partial charge in [-0.3, -0.25) is 0 Å². The molecule has 2 aromatic rings. The minimum Gasteiger partial charge on any atom is -0.399 e. The molecule has 23 heavy (non-hydrogen) atoms. The highest BCUT2D eigenvalue weighted by molar-refractivity contribution is 6.62. The molecule has 7 heteroatoms. The van der Waals surface area contributed by atoms with E-state index < -0.39 is 0 Å². The summed E-state index contributed by atoms with van der Waals surface area (Å²) < 4.78 is 17.1. The second kappa shape index (κ2) is 5.58. The largest absolute Gasteiger partial charge is 0.494 e. The molecule has 0 radical (unpaired) electrons. The van der Waals surface area contributed by atoms with Gasteiger partial charge in [0.25, 0.3) is 0 Å². The minimum absolute atomic E-state index is 0.0149. The molecule has 0 N–H and O–H groups in total. The zero-order chi connectivity index (χ0) is 16.7. The zero-order valence-electron chi connectivity index (χ0n) is 13.7. The lowest BCUT2D eigenvalue weighted by Crippen LogP contribution is -2.41.